The third kappa shape index (κ3) is 4.15. The third-order valence-corrected chi connectivity index (χ3v) is 6.03. The van der Waals surface area contributed by atoms with E-state index in [1.54, 1.807) is 8.61 Å². The molecule has 1 rings (SSSR count). The van der Waals surface area contributed by atoms with Crippen molar-refractivity contribution >= 4 is 10.2 Å². The van der Waals surface area contributed by atoms with Crippen molar-refractivity contribution in [2.45, 2.75) is 59.0 Å². The summed E-state index contributed by atoms with van der Waals surface area (Å²) >= 11 is 0. The lowest BCUT2D eigenvalue weighted by atomic mass is 10.1. The first kappa shape index (κ1) is 16.9. The number of rotatable bonds is 7. The third-order valence-electron chi connectivity index (χ3n) is 3.68. The number of nitrogens with zero attached hydrogens (tertiary/aromatic N) is 2. The van der Waals surface area contributed by atoms with Gasteiger partial charge in [-0.1, -0.05) is 20.3 Å². The molecule has 0 bridgehead atoms. The molecular formula is C13H29N3O2S. The first-order chi connectivity index (χ1) is 8.95. The molecule has 0 aliphatic carbocycles. The molecule has 0 spiro atoms. The van der Waals surface area contributed by atoms with Gasteiger partial charge in [-0.05, 0) is 33.2 Å². The highest BCUT2D eigenvalue weighted by Gasteiger charge is 2.36. The van der Waals surface area contributed by atoms with Crippen LogP contribution in [0.15, 0.2) is 0 Å². The molecule has 0 aromatic rings. The van der Waals surface area contributed by atoms with Gasteiger partial charge in [-0.2, -0.15) is 17.0 Å². The molecule has 1 N–H and O–H groups in total. The Bertz CT molecular complexity index is 357. The maximum absolute atomic E-state index is 12.8. The largest absolute Gasteiger partial charge is 0.315 e. The molecule has 1 atom stereocenters. The zero-order valence-corrected chi connectivity index (χ0v) is 13.5. The molecule has 1 heterocycles. The van der Waals surface area contributed by atoms with E-state index in [9.17, 15) is 8.42 Å². The van der Waals surface area contributed by atoms with Gasteiger partial charge >= 0.3 is 0 Å². The van der Waals surface area contributed by atoms with Gasteiger partial charge in [-0.15, -0.1) is 0 Å². The lowest BCUT2D eigenvalue weighted by Gasteiger charge is -2.39. The Morgan fingerprint density at radius 3 is 2.53 bits per heavy atom. The predicted octanol–water partition coefficient (Wildman–Crippen LogP) is 1.43. The fourth-order valence-electron chi connectivity index (χ4n) is 2.72. The van der Waals surface area contributed by atoms with E-state index in [-0.39, 0.29) is 12.1 Å². The fourth-order valence-corrected chi connectivity index (χ4v) is 4.77. The van der Waals surface area contributed by atoms with Gasteiger partial charge in [0, 0.05) is 31.7 Å². The molecule has 0 aromatic heterocycles. The minimum atomic E-state index is -3.33. The van der Waals surface area contributed by atoms with Gasteiger partial charge in [0.1, 0.15) is 0 Å². The highest BCUT2D eigenvalue weighted by molar-refractivity contribution is 7.86. The molecule has 1 unspecified atom stereocenters. The van der Waals surface area contributed by atoms with Gasteiger partial charge in [-0.3, -0.25) is 0 Å². The van der Waals surface area contributed by atoms with Gasteiger partial charge in [-0.25, -0.2) is 0 Å². The summed E-state index contributed by atoms with van der Waals surface area (Å²) in [6, 6.07) is 0.114. The summed E-state index contributed by atoms with van der Waals surface area (Å²) in [4.78, 5) is 0. The summed E-state index contributed by atoms with van der Waals surface area (Å²) in [5, 5.41) is 3.28. The minimum Gasteiger partial charge on any atom is -0.315 e. The van der Waals surface area contributed by atoms with Crippen molar-refractivity contribution in [1.82, 2.24) is 13.9 Å². The van der Waals surface area contributed by atoms with Crippen LogP contribution in [0.4, 0.5) is 0 Å². The van der Waals surface area contributed by atoms with Crippen LogP contribution in [0.5, 0.6) is 0 Å². The maximum atomic E-state index is 12.8. The molecule has 0 radical (unpaired) electrons. The van der Waals surface area contributed by atoms with Crippen molar-refractivity contribution in [2.75, 3.05) is 26.2 Å². The van der Waals surface area contributed by atoms with Crippen molar-refractivity contribution < 1.29 is 8.42 Å². The number of piperidine rings is 1. The van der Waals surface area contributed by atoms with Crippen molar-refractivity contribution in [3.8, 4) is 0 Å². The van der Waals surface area contributed by atoms with Crippen LogP contribution >= 0.6 is 0 Å². The highest BCUT2D eigenvalue weighted by Crippen LogP contribution is 2.23. The molecule has 0 aromatic carbocycles. The Morgan fingerprint density at radius 2 is 2.00 bits per heavy atom. The molecule has 6 heteroatoms. The normalized spacial score (nSPS) is 22.3. The number of hydrogen-bond donors (Lipinski definition) is 1. The number of nitrogens with one attached hydrogen (secondary N) is 1. The first-order valence-corrected chi connectivity index (χ1v) is 8.84. The average molecular weight is 291 g/mol. The van der Waals surface area contributed by atoms with Crippen LogP contribution in [-0.4, -0.2) is 55.3 Å². The highest BCUT2D eigenvalue weighted by atomic mass is 32.2. The lowest BCUT2D eigenvalue weighted by molar-refractivity contribution is 0.220. The second-order valence-corrected chi connectivity index (χ2v) is 7.21. The molecule has 114 valence electrons. The fraction of sp³-hybridized carbons (Fsp3) is 1.00. The summed E-state index contributed by atoms with van der Waals surface area (Å²) in [7, 11) is -3.33. The number of hydrogen-bond acceptors (Lipinski definition) is 3. The van der Waals surface area contributed by atoms with Crippen LogP contribution in [0.3, 0.4) is 0 Å². The Kier molecular flexibility index (Phi) is 6.73. The van der Waals surface area contributed by atoms with Crippen LogP contribution in [0.1, 0.15) is 47.0 Å². The molecule has 19 heavy (non-hydrogen) atoms. The van der Waals surface area contributed by atoms with Crippen LogP contribution in [-0.2, 0) is 10.2 Å². The Morgan fingerprint density at radius 1 is 1.32 bits per heavy atom. The lowest BCUT2D eigenvalue weighted by Crippen LogP contribution is -2.54. The topological polar surface area (TPSA) is 52.7 Å². The molecule has 1 saturated heterocycles. The summed E-state index contributed by atoms with van der Waals surface area (Å²) in [6.45, 7) is 10.6. The van der Waals surface area contributed by atoms with E-state index in [4.69, 9.17) is 0 Å². The van der Waals surface area contributed by atoms with Crippen molar-refractivity contribution in [1.29, 1.82) is 0 Å². The summed E-state index contributed by atoms with van der Waals surface area (Å²) in [6.07, 6.45) is 3.05. The van der Waals surface area contributed by atoms with Crippen molar-refractivity contribution in [3.63, 3.8) is 0 Å². The second-order valence-electron chi connectivity index (χ2n) is 5.37. The van der Waals surface area contributed by atoms with E-state index in [0.29, 0.717) is 13.1 Å². The quantitative estimate of drug-likeness (QED) is 0.772. The zero-order valence-electron chi connectivity index (χ0n) is 12.7. The van der Waals surface area contributed by atoms with Crippen LogP contribution in [0, 0.1) is 0 Å². The van der Waals surface area contributed by atoms with Gasteiger partial charge < -0.3 is 5.32 Å². The number of likely N-dealkylation sites (N-methyl/N-ethyl adjacent to an activating group) is 1. The maximum Gasteiger partial charge on any atom is 0.282 e. The SMILES string of the molecule is CCNCC1CCCCN1S(=O)(=O)N(CC)C(C)C. The van der Waals surface area contributed by atoms with Gasteiger partial charge in [0.15, 0.2) is 0 Å². The smallest absolute Gasteiger partial charge is 0.282 e. The van der Waals surface area contributed by atoms with E-state index >= 15 is 0 Å². The average Bonchev–Trinajstić information content (AvgIpc) is 2.36. The molecule has 1 aliphatic heterocycles. The monoisotopic (exact) mass is 291 g/mol. The summed E-state index contributed by atoms with van der Waals surface area (Å²) < 4.78 is 28.8. The van der Waals surface area contributed by atoms with Crippen molar-refractivity contribution in [2.24, 2.45) is 0 Å². The Balaban J connectivity index is 2.88. The van der Waals surface area contributed by atoms with E-state index in [2.05, 4.69) is 5.32 Å². The van der Waals surface area contributed by atoms with E-state index in [0.717, 1.165) is 32.4 Å². The second kappa shape index (κ2) is 7.57. The van der Waals surface area contributed by atoms with Crippen LogP contribution < -0.4 is 5.32 Å². The summed E-state index contributed by atoms with van der Waals surface area (Å²) in [5.41, 5.74) is 0. The molecule has 0 amide bonds. The summed E-state index contributed by atoms with van der Waals surface area (Å²) in [5.74, 6) is 0. The van der Waals surface area contributed by atoms with Crippen LogP contribution in [0.2, 0.25) is 0 Å². The minimum absolute atomic E-state index is 0.0108. The zero-order chi connectivity index (χ0) is 14.5. The Labute approximate surface area is 118 Å². The first-order valence-electron chi connectivity index (χ1n) is 7.44. The predicted molar refractivity (Wildman–Crippen MR) is 79.3 cm³/mol. The standard InChI is InChI=1S/C13H29N3O2S/c1-5-14-11-13-9-7-8-10-16(13)19(17,18)15(6-2)12(3)4/h12-14H,5-11H2,1-4H3. The molecule has 1 fully saturated rings. The Hall–Kier alpha value is -0.170. The molecule has 1 aliphatic rings. The van der Waals surface area contributed by atoms with Gasteiger partial charge in [0.2, 0.25) is 0 Å². The van der Waals surface area contributed by atoms with E-state index in [1.807, 2.05) is 27.7 Å². The molecule has 5 nitrogen and oxygen atoms in total. The van der Waals surface area contributed by atoms with Crippen LogP contribution in [0.25, 0.3) is 0 Å². The van der Waals surface area contributed by atoms with Gasteiger partial charge in [0.05, 0.1) is 0 Å². The molecule has 0 saturated carbocycles. The van der Waals surface area contributed by atoms with E-state index < -0.39 is 10.2 Å². The van der Waals surface area contributed by atoms with Crippen molar-refractivity contribution in [3.05, 3.63) is 0 Å². The van der Waals surface area contributed by atoms with Gasteiger partial charge in [0.25, 0.3) is 10.2 Å². The molecular weight excluding hydrogens is 262 g/mol. The van der Waals surface area contributed by atoms with E-state index in [1.165, 1.54) is 0 Å².